The number of hydrogen-bond donors (Lipinski definition) is 3. The molecule has 0 radical (unpaired) electrons. The van der Waals surface area contributed by atoms with E-state index in [1.807, 2.05) is 36.4 Å². The minimum Gasteiger partial charge on any atom is -0.397 e. The number of hydrazone groups is 1. The van der Waals surface area contributed by atoms with Crippen LogP contribution in [0.1, 0.15) is 20.8 Å². The Labute approximate surface area is 165 Å². The van der Waals surface area contributed by atoms with Gasteiger partial charge in [0.05, 0.1) is 35.5 Å². The van der Waals surface area contributed by atoms with Gasteiger partial charge < -0.3 is 16.9 Å². The zero-order valence-electron chi connectivity index (χ0n) is 16.5. The van der Waals surface area contributed by atoms with Crippen molar-refractivity contribution in [1.29, 1.82) is 0 Å². The van der Waals surface area contributed by atoms with Crippen LogP contribution < -0.4 is 16.9 Å². The molecule has 1 aliphatic heterocycles. The fraction of sp³-hybridized carbons (Fsp3) is 0.227. The molecule has 0 spiro atoms. The van der Waals surface area contributed by atoms with E-state index in [4.69, 9.17) is 11.5 Å². The quantitative estimate of drug-likeness (QED) is 0.543. The van der Waals surface area contributed by atoms with E-state index in [0.717, 1.165) is 23.4 Å². The first-order chi connectivity index (χ1) is 13.3. The second-order valence-electron chi connectivity index (χ2n) is 7.75. The lowest BCUT2D eigenvalue weighted by Crippen LogP contribution is -2.26. The lowest BCUT2D eigenvalue weighted by Gasteiger charge is -2.25. The second kappa shape index (κ2) is 7.68. The Morgan fingerprint density at radius 1 is 1.04 bits per heavy atom. The Morgan fingerprint density at radius 3 is 2.43 bits per heavy atom. The maximum atomic E-state index is 6.12. The molecule has 1 aliphatic rings. The summed E-state index contributed by atoms with van der Waals surface area (Å²) in [4.78, 5) is 8.46. The molecule has 0 atom stereocenters. The Morgan fingerprint density at radius 2 is 1.75 bits per heavy atom. The molecule has 0 amide bonds. The van der Waals surface area contributed by atoms with Crippen molar-refractivity contribution in [2.24, 2.45) is 20.5 Å². The highest BCUT2D eigenvalue weighted by Gasteiger charge is 2.19. The van der Waals surface area contributed by atoms with Gasteiger partial charge in [0, 0.05) is 0 Å². The van der Waals surface area contributed by atoms with Gasteiger partial charge >= 0.3 is 0 Å². The molecule has 5 N–H and O–H groups in total. The normalized spacial score (nSPS) is 14.4. The minimum atomic E-state index is 0.0767. The summed E-state index contributed by atoms with van der Waals surface area (Å²) in [5.74, 6) is 0. The van der Waals surface area contributed by atoms with Crippen LogP contribution in [0.4, 0.5) is 22.7 Å². The molecule has 0 bridgehead atoms. The highest BCUT2D eigenvalue weighted by Crippen LogP contribution is 2.33. The molecule has 0 unspecified atom stereocenters. The number of hydrogen-bond acceptors (Lipinski definition) is 6. The van der Waals surface area contributed by atoms with Crippen molar-refractivity contribution in [1.82, 2.24) is 5.43 Å². The van der Waals surface area contributed by atoms with Crippen molar-refractivity contribution in [2.45, 2.75) is 20.8 Å². The third-order valence-electron chi connectivity index (χ3n) is 4.66. The molecule has 2 aromatic carbocycles. The van der Waals surface area contributed by atoms with E-state index in [0.29, 0.717) is 22.7 Å². The Kier molecular flexibility index (Phi) is 5.31. The zero-order chi connectivity index (χ0) is 20.3. The molecule has 144 valence electrons. The van der Waals surface area contributed by atoms with Crippen molar-refractivity contribution in [2.75, 3.05) is 18.0 Å². The first kappa shape index (κ1) is 19.4. The molecule has 6 nitrogen and oxygen atoms in total. The van der Waals surface area contributed by atoms with E-state index in [-0.39, 0.29) is 5.41 Å². The molecule has 0 aliphatic carbocycles. The number of nitrogen functional groups attached to an aromatic ring is 2. The first-order valence-corrected chi connectivity index (χ1v) is 9.10. The van der Waals surface area contributed by atoms with Crippen LogP contribution in [0.3, 0.4) is 0 Å². The van der Waals surface area contributed by atoms with Crippen molar-refractivity contribution in [3.8, 4) is 11.1 Å². The SMILES string of the molecule is C=Nc1ccc(-c2ccc(N)c(N=CC3=NNCC(C(C)(C)C)=C3)c2)cc1N. The van der Waals surface area contributed by atoms with Crippen molar-refractivity contribution in [3.05, 3.63) is 48.0 Å². The first-order valence-electron chi connectivity index (χ1n) is 9.10. The van der Waals surface area contributed by atoms with E-state index in [9.17, 15) is 0 Å². The summed E-state index contributed by atoms with van der Waals surface area (Å²) in [6.07, 6.45) is 3.80. The van der Waals surface area contributed by atoms with Gasteiger partial charge in [-0.25, -0.2) is 0 Å². The molecule has 2 aromatic rings. The Hall–Kier alpha value is -3.41. The molecule has 3 rings (SSSR count). The van der Waals surface area contributed by atoms with Gasteiger partial charge in [-0.15, -0.1) is 0 Å². The van der Waals surface area contributed by atoms with Crippen LogP contribution in [0, 0.1) is 5.41 Å². The summed E-state index contributed by atoms with van der Waals surface area (Å²) in [6.45, 7) is 10.8. The number of nitrogens with one attached hydrogen (secondary N) is 1. The van der Waals surface area contributed by atoms with Crippen LogP contribution in [0.15, 0.2) is 63.1 Å². The third-order valence-corrected chi connectivity index (χ3v) is 4.66. The number of nitrogens with zero attached hydrogens (tertiary/aromatic N) is 3. The monoisotopic (exact) mass is 374 g/mol. The molecule has 0 fully saturated rings. The largest absolute Gasteiger partial charge is 0.397 e. The fourth-order valence-electron chi connectivity index (χ4n) is 2.87. The third kappa shape index (κ3) is 4.28. The van der Waals surface area contributed by atoms with Crippen molar-refractivity contribution in [3.63, 3.8) is 0 Å². The molecule has 0 saturated carbocycles. The van der Waals surface area contributed by atoms with E-state index < -0.39 is 0 Å². The predicted octanol–water partition coefficient (Wildman–Crippen LogP) is 4.48. The lowest BCUT2D eigenvalue weighted by molar-refractivity contribution is 0.480. The molecule has 28 heavy (non-hydrogen) atoms. The van der Waals surface area contributed by atoms with Gasteiger partial charge in [0.1, 0.15) is 5.71 Å². The number of rotatable bonds is 4. The van der Waals surface area contributed by atoms with Crippen LogP contribution >= 0.6 is 0 Å². The summed E-state index contributed by atoms with van der Waals surface area (Å²) in [6, 6.07) is 11.4. The Balaban J connectivity index is 1.89. The van der Waals surface area contributed by atoms with Crippen molar-refractivity contribution >= 4 is 41.4 Å². The van der Waals surface area contributed by atoms with Crippen LogP contribution in [0.2, 0.25) is 0 Å². The van der Waals surface area contributed by atoms with E-state index in [1.54, 1.807) is 6.21 Å². The van der Waals surface area contributed by atoms with Gasteiger partial charge in [-0.1, -0.05) is 32.9 Å². The summed E-state index contributed by atoms with van der Waals surface area (Å²) in [5.41, 5.74) is 21.8. The predicted molar refractivity (Wildman–Crippen MR) is 121 cm³/mol. The van der Waals surface area contributed by atoms with E-state index >= 15 is 0 Å². The summed E-state index contributed by atoms with van der Waals surface area (Å²) < 4.78 is 0. The van der Waals surface area contributed by atoms with Crippen LogP contribution in [0.5, 0.6) is 0 Å². The highest BCUT2D eigenvalue weighted by atomic mass is 15.3. The topological polar surface area (TPSA) is 101 Å². The van der Waals surface area contributed by atoms with Gasteiger partial charge in [-0.3, -0.25) is 9.98 Å². The van der Waals surface area contributed by atoms with E-state index in [1.165, 1.54) is 5.57 Å². The molecular weight excluding hydrogens is 348 g/mol. The highest BCUT2D eigenvalue weighted by molar-refractivity contribution is 6.36. The summed E-state index contributed by atoms with van der Waals surface area (Å²) in [5, 5.41) is 4.32. The molecule has 0 saturated heterocycles. The second-order valence-corrected chi connectivity index (χ2v) is 7.75. The summed E-state index contributed by atoms with van der Waals surface area (Å²) >= 11 is 0. The maximum Gasteiger partial charge on any atom is 0.101 e. The van der Waals surface area contributed by atoms with Crippen LogP contribution in [-0.4, -0.2) is 25.2 Å². The lowest BCUT2D eigenvalue weighted by atomic mass is 9.85. The molecular formula is C22H26N6. The average Bonchev–Trinajstić information content (AvgIpc) is 2.67. The number of aliphatic imine (C=N–C) groups is 2. The number of anilines is 2. The number of benzene rings is 2. The summed E-state index contributed by atoms with van der Waals surface area (Å²) in [7, 11) is 0. The standard InChI is InChI=1S/C22H26N6/c1-22(2,3)16-11-17(28-27-12-16)13-26-21-10-15(5-7-18(21)23)14-6-8-20(25-4)19(24)9-14/h5-11,13,27H,4,12,23-24H2,1-3H3. The van der Waals surface area contributed by atoms with Gasteiger partial charge in [-0.05, 0) is 59.2 Å². The van der Waals surface area contributed by atoms with E-state index in [2.05, 4.69) is 54.1 Å². The average molecular weight is 374 g/mol. The fourth-order valence-corrected chi connectivity index (χ4v) is 2.87. The Bertz CT molecular complexity index is 993. The molecule has 0 aromatic heterocycles. The zero-order valence-corrected chi connectivity index (χ0v) is 16.5. The smallest absolute Gasteiger partial charge is 0.101 e. The molecule has 1 heterocycles. The minimum absolute atomic E-state index is 0.0767. The van der Waals surface area contributed by atoms with Gasteiger partial charge in [0.2, 0.25) is 0 Å². The molecule has 6 heteroatoms. The number of allylic oxidation sites excluding steroid dienone is 1. The number of nitrogens with two attached hydrogens (primary N) is 2. The van der Waals surface area contributed by atoms with Gasteiger partial charge in [0.15, 0.2) is 0 Å². The van der Waals surface area contributed by atoms with Gasteiger partial charge in [-0.2, -0.15) is 5.10 Å². The van der Waals surface area contributed by atoms with Gasteiger partial charge in [0.25, 0.3) is 0 Å². The van der Waals surface area contributed by atoms with Crippen LogP contribution in [-0.2, 0) is 0 Å². The van der Waals surface area contributed by atoms with Crippen molar-refractivity contribution < 1.29 is 0 Å². The van der Waals surface area contributed by atoms with Crippen LogP contribution in [0.25, 0.3) is 11.1 Å². The maximum absolute atomic E-state index is 6.12.